The molecule has 124 valence electrons. The highest BCUT2D eigenvalue weighted by Crippen LogP contribution is 2.36. The smallest absolute Gasteiger partial charge is 0.264 e. The summed E-state index contributed by atoms with van der Waals surface area (Å²) in [6.45, 7) is 0.214. The van der Waals surface area contributed by atoms with Gasteiger partial charge in [-0.3, -0.25) is 14.3 Å². The van der Waals surface area contributed by atoms with Gasteiger partial charge in [-0.2, -0.15) is 5.10 Å². The topological polar surface area (TPSA) is 101 Å². The molecule has 0 bridgehead atoms. The molecule has 1 atom stereocenters. The maximum absolute atomic E-state index is 12.2. The number of hydrogen-bond donors (Lipinski definition) is 3. The minimum atomic E-state index is -0.456. The molecule has 0 saturated heterocycles. The highest BCUT2D eigenvalue weighted by atomic mass is 32.1. The van der Waals surface area contributed by atoms with Crippen LogP contribution in [0.3, 0.4) is 0 Å². The van der Waals surface area contributed by atoms with Crippen LogP contribution < -0.4 is 20.5 Å². The monoisotopic (exact) mass is 346 g/mol. The second kappa shape index (κ2) is 5.38. The van der Waals surface area contributed by atoms with E-state index in [0.29, 0.717) is 23.6 Å². The maximum atomic E-state index is 12.2. The van der Waals surface area contributed by atoms with Gasteiger partial charge in [-0.1, -0.05) is 6.07 Å². The largest absolute Gasteiger partial charge is 0.494 e. The number of H-pyrrole nitrogens is 1. The second-order valence-corrected chi connectivity index (χ2v) is 5.96. The maximum Gasteiger partial charge on any atom is 0.264 e. The number of aromatic amines is 1. The number of ether oxygens (including phenoxy) is 2. The van der Waals surface area contributed by atoms with Crippen molar-refractivity contribution in [3.05, 3.63) is 44.5 Å². The molecule has 0 fully saturated rings. The summed E-state index contributed by atoms with van der Waals surface area (Å²) in [5.74, 6) is 1.20. The quantitative estimate of drug-likeness (QED) is 0.709. The predicted octanol–water partition coefficient (Wildman–Crippen LogP) is 1.32. The van der Waals surface area contributed by atoms with Gasteiger partial charge in [-0.15, -0.1) is 0 Å². The van der Waals surface area contributed by atoms with E-state index in [2.05, 4.69) is 15.5 Å². The molecule has 0 radical (unpaired) electrons. The van der Waals surface area contributed by atoms with E-state index in [1.807, 2.05) is 18.2 Å². The second-order valence-electron chi connectivity index (χ2n) is 5.57. The summed E-state index contributed by atoms with van der Waals surface area (Å²) in [6.07, 6.45) is 0.451. The van der Waals surface area contributed by atoms with Crippen molar-refractivity contribution in [3.63, 3.8) is 0 Å². The van der Waals surface area contributed by atoms with Crippen LogP contribution in [0.25, 0.3) is 0 Å². The van der Waals surface area contributed by atoms with Gasteiger partial charge < -0.3 is 20.0 Å². The number of aromatic hydroxyl groups is 1. The number of nitrogens with zero attached hydrogens (tertiary/aromatic N) is 2. The Balaban J connectivity index is 1.65. The molecule has 0 aliphatic carbocycles. The predicted molar refractivity (Wildman–Crippen MR) is 88.1 cm³/mol. The molecule has 2 aromatic rings. The molecule has 1 aromatic carbocycles. The lowest BCUT2D eigenvalue weighted by Gasteiger charge is -2.11. The molecule has 0 saturated carbocycles. The van der Waals surface area contributed by atoms with Gasteiger partial charge >= 0.3 is 0 Å². The standard InChI is InChI=1S/C15H14N4O4S/c1-19-14(21)12(13(20)16-15(19)24)9-5-8(17-18-9)7-2-3-10-11(4-7)23-6-22-10/h2-4,8,17,21H,5-6H2,1H3,(H,16,20,24)/t8-/m0/s1. The number of benzene rings is 1. The van der Waals surface area contributed by atoms with Crippen LogP contribution in [0, 0.1) is 4.77 Å². The molecule has 2 aliphatic rings. The zero-order chi connectivity index (χ0) is 16.8. The molecular formula is C15H14N4O4S. The summed E-state index contributed by atoms with van der Waals surface area (Å²) in [7, 11) is 1.58. The first-order valence-electron chi connectivity index (χ1n) is 7.29. The van der Waals surface area contributed by atoms with Gasteiger partial charge in [0.25, 0.3) is 5.56 Å². The molecule has 4 rings (SSSR count). The molecule has 9 heteroatoms. The van der Waals surface area contributed by atoms with Gasteiger partial charge in [0, 0.05) is 13.5 Å². The minimum absolute atomic E-state index is 0.123. The summed E-state index contributed by atoms with van der Waals surface area (Å²) in [6, 6.07) is 5.52. The van der Waals surface area contributed by atoms with E-state index in [4.69, 9.17) is 21.7 Å². The normalized spacial score (nSPS) is 18.4. The van der Waals surface area contributed by atoms with Crippen molar-refractivity contribution in [1.82, 2.24) is 15.0 Å². The van der Waals surface area contributed by atoms with Gasteiger partial charge in [-0.25, -0.2) is 0 Å². The van der Waals surface area contributed by atoms with Crippen LogP contribution in [0.1, 0.15) is 23.6 Å². The Bertz CT molecular complexity index is 978. The molecular weight excluding hydrogens is 332 g/mol. The molecule has 0 amide bonds. The van der Waals surface area contributed by atoms with E-state index in [0.717, 1.165) is 5.56 Å². The van der Waals surface area contributed by atoms with E-state index in [-0.39, 0.29) is 29.0 Å². The van der Waals surface area contributed by atoms with Gasteiger partial charge in [-0.05, 0) is 29.9 Å². The highest BCUT2D eigenvalue weighted by molar-refractivity contribution is 7.71. The first-order chi connectivity index (χ1) is 11.5. The number of hydrogen-bond acceptors (Lipinski definition) is 7. The third kappa shape index (κ3) is 2.24. The van der Waals surface area contributed by atoms with E-state index in [1.165, 1.54) is 4.57 Å². The lowest BCUT2D eigenvalue weighted by Crippen LogP contribution is -2.21. The fraction of sp³-hybridized carbons (Fsp3) is 0.267. The summed E-state index contributed by atoms with van der Waals surface area (Å²) in [5.41, 5.74) is 4.09. The molecule has 8 nitrogen and oxygen atoms in total. The zero-order valence-corrected chi connectivity index (χ0v) is 13.5. The van der Waals surface area contributed by atoms with Crippen molar-refractivity contribution in [2.45, 2.75) is 12.5 Å². The molecule has 0 unspecified atom stereocenters. The van der Waals surface area contributed by atoms with Crippen molar-refractivity contribution in [3.8, 4) is 17.4 Å². The summed E-state index contributed by atoms with van der Waals surface area (Å²) in [4.78, 5) is 14.7. The third-order valence-electron chi connectivity index (χ3n) is 4.13. The van der Waals surface area contributed by atoms with Crippen LogP contribution in [-0.2, 0) is 7.05 Å². The van der Waals surface area contributed by atoms with Gasteiger partial charge in [0.05, 0.1) is 11.8 Å². The van der Waals surface area contributed by atoms with Gasteiger partial charge in [0.1, 0.15) is 5.56 Å². The first-order valence-corrected chi connectivity index (χ1v) is 7.69. The van der Waals surface area contributed by atoms with Crippen LogP contribution >= 0.6 is 12.2 Å². The van der Waals surface area contributed by atoms with E-state index in [9.17, 15) is 9.90 Å². The highest BCUT2D eigenvalue weighted by Gasteiger charge is 2.27. The number of aromatic nitrogens is 2. The Kier molecular flexibility index (Phi) is 3.31. The van der Waals surface area contributed by atoms with Crippen LogP contribution in [0.5, 0.6) is 17.4 Å². The number of nitrogens with one attached hydrogen (secondary N) is 2. The molecule has 3 N–H and O–H groups in total. The number of rotatable bonds is 2. The summed E-state index contributed by atoms with van der Waals surface area (Å²) >= 11 is 4.97. The van der Waals surface area contributed by atoms with Gasteiger partial charge in [0.15, 0.2) is 16.3 Å². The SMILES string of the molecule is Cn1c(O)c(C2=NN[C@H](c3ccc4c(c3)OCO4)C2)c(=O)[nH]c1=S. The average Bonchev–Trinajstić information content (AvgIpc) is 3.21. The third-order valence-corrected chi connectivity index (χ3v) is 4.51. The number of hydrazone groups is 1. The first kappa shape index (κ1) is 14.8. The van der Waals surface area contributed by atoms with E-state index < -0.39 is 5.56 Å². The number of fused-ring (bicyclic) bond motifs is 1. The fourth-order valence-electron chi connectivity index (χ4n) is 2.79. The van der Waals surface area contributed by atoms with Crippen molar-refractivity contribution in [1.29, 1.82) is 0 Å². The summed E-state index contributed by atoms with van der Waals surface area (Å²) < 4.78 is 12.2. The lowest BCUT2D eigenvalue weighted by atomic mass is 9.99. The molecule has 0 spiro atoms. The van der Waals surface area contributed by atoms with Crippen LogP contribution in [0.2, 0.25) is 0 Å². The Labute approximate surface area is 141 Å². The molecule has 2 aliphatic heterocycles. The van der Waals surface area contributed by atoms with Gasteiger partial charge in [0.2, 0.25) is 12.7 Å². The van der Waals surface area contributed by atoms with E-state index >= 15 is 0 Å². The van der Waals surface area contributed by atoms with Crippen LogP contribution in [0.15, 0.2) is 28.1 Å². The molecule has 3 heterocycles. The lowest BCUT2D eigenvalue weighted by molar-refractivity contribution is 0.174. The average molecular weight is 346 g/mol. The van der Waals surface area contributed by atoms with Crippen molar-refractivity contribution in [2.24, 2.45) is 12.1 Å². The Morgan fingerprint density at radius 1 is 1.38 bits per heavy atom. The van der Waals surface area contributed by atoms with Crippen molar-refractivity contribution in [2.75, 3.05) is 6.79 Å². The molecule has 1 aromatic heterocycles. The fourth-order valence-corrected chi connectivity index (χ4v) is 2.97. The zero-order valence-electron chi connectivity index (χ0n) is 12.7. The Morgan fingerprint density at radius 2 is 2.17 bits per heavy atom. The van der Waals surface area contributed by atoms with Crippen LogP contribution in [0.4, 0.5) is 0 Å². The molecule has 24 heavy (non-hydrogen) atoms. The summed E-state index contributed by atoms with van der Waals surface area (Å²) in [5, 5.41) is 14.5. The minimum Gasteiger partial charge on any atom is -0.494 e. The Morgan fingerprint density at radius 3 is 3.00 bits per heavy atom. The van der Waals surface area contributed by atoms with E-state index in [1.54, 1.807) is 7.05 Å². The van der Waals surface area contributed by atoms with Crippen LogP contribution in [-0.4, -0.2) is 27.2 Å². The van der Waals surface area contributed by atoms with Crippen molar-refractivity contribution < 1.29 is 14.6 Å². The van der Waals surface area contributed by atoms with Crippen molar-refractivity contribution >= 4 is 17.9 Å². The Hall–Kier alpha value is -2.81.